The van der Waals surface area contributed by atoms with Crippen molar-refractivity contribution >= 4 is 29.3 Å². The molecule has 0 atom stereocenters. The predicted octanol–water partition coefficient (Wildman–Crippen LogP) is 3.99. The largest absolute Gasteiger partial charge is 0.452 e. The lowest BCUT2D eigenvalue weighted by Crippen LogP contribution is -2.20. The van der Waals surface area contributed by atoms with Crippen LogP contribution in [0.3, 0.4) is 0 Å². The number of hydrogen-bond donors (Lipinski definition) is 1. The van der Waals surface area contributed by atoms with Gasteiger partial charge in [-0.3, -0.25) is 4.79 Å². The Bertz CT molecular complexity index is 872. The Hall–Kier alpha value is -2.99. The smallest absolute Gasteiger partial charge is 0.338 e. The Balaban J connectivity index is 1.52. The second-order valence-corrected chi connectivity index (χ2v) is 6.37. The summed E-state index contributed by atoms with van der Waals surface area (Å²) in [7, 11) is 0. The number of hydrogen-bond acceptors (Lipinski definition) is 4. The molecular weight excluding hydrogens is 348 g/mol. The number of ether oxygens (including phenoxy) is 1. The van der Waals surface area contributed by atoms with Crippen LogP contribution in [0.5, 0.6) is 0 Å². The first kappa shape index (κ1) is 17.8. The average Bonchev–Trinajstić information content (AvgIpc) is 3.21. The summed E-state index contributed by atoms with van der Waals surface area (Å²) in [6.45, 7) is -0.331. The zero-order valence-electron chi connectivity index (χ0n) is 14.2. The van der Waals surface area contributed by atoms with Crippen LogP contribution in [-0.2, 0) is 9.53 Å². The number of rotatable bonds is 6. The van der Waals surface area contributed by atoms with Crippen LogP contribution >= 0.6 is 11.8 Å². The van der Waals surface area contributed by atoms with Gasteiger partial charge < -0.3 is 14.6 Å². The zero-order chi connectivity index (χ0) is 18.4. The van der Waals surface area contributed by atoms with Gasteiger partial charge >= 0.3 is 5.97 Å². The van der Waals surface area contributed by atoms with E-state index in [0.29, 0.717) is 11.3 Å². The number of nitrogens with one attached hydrogen (secondary N) is 1. The summed E-state index contributed by atoms with van der Waals surface area (Å²) < 4.78 is 7.01. The fourth-order valence-corrected chi connectivity index (χ4v) is 2.77. The lowest BCUT2D eigenvalue weighted by Gasteiger charge is -2.08. The highest BCUT2D eigenvalue weighted by molar-refractivity contribution is 7.98. The number of amides is 1. The van der Waals surface area contributed by atoms with Crippen LogP contribution in [0.1, 0.15) is 10.4 Å². The molecule has 1 N–H and O–H groups in total. The van der Waals surface area contributed by atoms with Crippen molar-refractivity contribution in [1.29, 1.82) is 0 Å². The van der Waals surface area contributed by atoms with Gasteiger partial charge in [0.25, 0.3) is 5.91 Å². The fraction of sp³-hybridized carbons (Fsp3) is 0.100. The van der Waals surface area contributed by atoms with E-state index in [1.807, 2.05) is 71.7 Å². The maximum absolute atomic E-state index is 12.1. The summed E-state index contributed by atoms with van der Waals surface area (Å²) >= 11 is 1.62. The number of aromatic nitrogens is 1. The number of esters is 1. The molecule has 0 bridgehead atoms. The molecule has 3 rings (SSSR count). The summed E-state index contributed by atoms with van der Waals surface area (Å²) in [5.41, 5.74) is 2.01. The third-order valence-electron chi connectivity index (χ3n) is 3.71. The third kappa shape index (κ3) is 4.55. The Kier molecular flexibility index (Phi) is 5.76. The van der Waals surface area contributed by atoms with Crippen molar-refractivity contribution < 1.29 is 14.3 Å². The highest BCUT2D eigenvalue weighted by atomic mass is 32.2. The Morgan fingerprint density at radius 1 is 1.00 bits per heavy atom. The van der Waals surface area contributed by atoms with Crippen LogP contribution in [0.4, 0.5) is 5.69 Å². The molecule has 1 heterocycles. The van der Waals surface area contributed by atoms with E-state index in [9.17, 15) is 9.59 Å². The molecule has 0 aliphatic heterocycles. The maximum Gasteiger partial charge on any atom is 0.338 e. The van der Waals surface area contributed by atoms with Gasteiger partial charge in [-0.25, -0.2) is 4.79 Å². The molecule has 1 aromatic heterocycles. The number of anilines is 1. The molecule has 0 aliphatic rings. The Morgan fingerprint density at radius 3 is 2.27 bits per heavy atom. The van der Waals surface area contributed by atoms with Crippen molar-refractivity contribution in [3.63, 3.8) is 0 Å². The lowest BCUT2D eigenvalue weighted by molar-refractivity contribution is -0.119. The van der Waals surface area contributed by atoms with Gasteiger partial charge in [-0.2, -0.15) is 0 Å². The Morgan fingerprint density at radius 2 is 1.65 bits per heavy atom. The van der Waals surface area contributed by atoms with Crippen LogP contribution in [0.15, 0.2) is 78.0 Å². The van der Waals surface area contributed by atoms with Gasteiger partial charge in [0.1, 0.15) is 0 Å². The van der Waals surface area contributed by atoms with Crippen LogP contribution in [0, 0.1) is 0 Å². The second-order valence-electron chi connectivity index (χ2n) is 5.49. The predicted molar refractivity (Wildman–Crippen MR) is 103 cm³/mol. The highest BCUT2D eigenvalue weighted by Gasteiger charge is 2.10. The van der Waals surface area contributed by atoms with Crippen molar-refractivity contribution in [3.05, 3.63) is 78.6 Å². The van der Waals surface area contributed by atoms with Crippen LogP contribution in [0.2, 0.25) is 0 Å². The second kappa shape index (κ2) is 8.40. The third-order valence-corrected chi connectivity index (χ3v) is 4.46. The van der Waals surface area contributed by atoms with E-state index in [2.05, 4.69) is 5.32 Å². The van der Waals surface area contributed by atoms with Gasteiger partial charge in [-0.1, -0.05) is 0 Å². The molecule has 0 spiro atoms. The monoisotopic (exact) mass is 366 g/mol. The van der Waals surface area contributed by atoms with Gasteiger partial charge in [-0.05, 0) is 66.9 Å². The first-order valence-electron chi connectivity index (χ1n) is 8.00. The van der Waals surface area contributed by atoms with E-state index < -0.39 is 5.97 Å². The molecule has 0 aliphatic carbocycles. The molecule has 0 saturated heterocycles. The molecule has 0 radical (unpaired) electrons. The van der Waals surface area contributed by atoms with Gasteiger partial charge in [0.2, 0.25) is 0 Å². The number of carbonyl (C=O) groups excluding carboxylic acids is 2. The topological polar surface area (TPSA) is 60.3 Å². The summed E-state index contributed by atoms with van der Waals surface area (Å²) in [6.07, 6.45) is 5.82. The molecule has 3 aromatic rings. The molecule has 2 aromatic carbocycles. The number of carbonyl (C=O) groups is 2. The summed E-state index contributed by atoms with van der Waals surface area (Å²) in [5, 5.41) is 2.70. The van der Waals surface area contributed by atoms with E-state index in [1.54, 1.807) is 23.9 Å². The molecule has 0 unspecified atom stereocenters. The molecular formula is C20H18N2O3S. The lowest BCUT2D eigenvalue weighted by atomic mass is 10.2. The van der Waals surface area contributed by atoms with Crippen molar-refractivity contribution in [3.8, 4) is 5.69 Å². The molecule has 1 amide bonds. The standard InChI is InChI=1S/C20H18N2O3S/c1-26-18-10-6-16(7-11-18)21-19(23)14-25-20(24)15-4-8-17(9-5-15)22-12-2-3-13-22/h2-13H,14H2,1H3,(H,21,23). The SMILES string of the molecule is CSc1ccc(NC(=O)COC(=O)c2ccc(-n3cccc3)cc2)cc1. The van der Waals surface area contributed by atoms with Crippen molar-refractivity contribution in [1.82, 2.24) is 4.57 Å². The van der Waals surface area contributed by atoms with E-state index in [0.717, 1.165) is 10.6 Å². The average molecular weight is 366 g/mol. The first-order valence-corrected chi connectivity index (χ1v) is 9.22. The van der Waals surface area contributed by atoms with E-state index in [1.165, 1.54) is 0 Å². The molecule has 0 fully saturated rings. The minimum atomic E-state index is -0.531. The van der Waals surface area contributed by atoms with Crippen molar-refractivity contribution in [2.24, 2.45) is 0 Å². The number of thioether (sulfide) groups is 1. The first-order chi connectivity index (χ1) is 12.7. The minimum Gasteiger partial charge on any atom is -0.452 e. The highest BCUT2D eigenvalue weighted by Crippen LogP contribution is 2.17. The van der Waals surface area contributed by atoms with E-state index in [-0.39, 0.29) is 12.5 Å². The van der Waals surface area contributed by atoms with E-state index >= 15 is 0 Å². The van der Waals surface area contributed by atoms with Crippen LogP contribution < -0.4 is 5.32 Å². The molecule has 132 valence electrons. The van der Waals surface area contributed by atoms with Crippen molar-refractivity contribution in [2.75, 3.05) is 18.2 Å². The fourth-order valence-electron chi connectivity index (χ4n) is 2.36. The van der Waals surface area contributed by atoms with E-state index in [4.69, 9.17) is 4.74 Å². The van der Waals surface area contributed by atoms with Crippen LogP contribution in [-0.4, -0.2) is 29.3 Å². The molecule has 5 nitrogen and oxygen atoms in total. The number of nitrogens with zero attached hydrogens (tertiary/aromatic N) is 1. The van der Waals surface area contributed by atoms with Gasteiger partial charge in [0.15, 0.2) is 6.61 Å². The van der Waals surface area contributed by atoms with Gasteiger partial charge in [-0.15, -0.1) is 11.8 Å². The van der Waals surface area contributed by atoms with Gasteiger partial charge in [0, 0.05) is 28.7 Å². The molecule has 0 saturated carbocycles. The summed E-state index contributed by atoms with van der Waals surface area (Å²) in [6, 6.07) is 18.3. The molecule has 26 heavy (non-hydrogen) atoms. The van der Waals surface area contributed by atoms with Crippen LogP contribution in [0.25, 0.3) is 5.69 Å². The quantitative estimate of drug-likeness (QED) is 0.529. The van der Waals surface area contributed by atoms with Crippen molar-refractivity contribution in [2.45, 2.75) is 4.90 Å². The summed E-state index contributed by atoms with van der Waals surface area (Å²) in [4.78, 5) is 25.1. The Labute approximate surface area is 156 Å². The van der Waals surface area contributed by atoms with Gasteiger partial charge in [0.05, 0.1) is 5.56 Å². The molecule has 6 heteroatoms. The maximum atomic E-state index is 12.1. The zero-order valence-corrected chi connectivity index (χ0v) is 15.0. The summed E-state index contributed by atoms with van der Waals surface area (Å²) in [5.74, 6) is -0.906. The number of benzene rings is 2. The normalized spacial score (nSPS) is 10.3. The minimum absolute atomic E-state index is 0.331.